The van der Waals surface area contributed by atoms with Gasteiger partial charge in [-0.15, -0.1) is 0 Å². The molecule has 0 spiro atoms. The maximum absolute atomic E-state index is 4.11. The number of fused-ring (bicyclic) bond motifs is 5. The molecular weight excluding hydrogens is 218 g/mol. The molecule has 1 N–H and O–H groups in total. The van der Waals surface area contributed by atoms with Crippen LogP contribution in [-0.2, 0) is 0 Å². The predicted octanol–water partition coefficient (Wildman–Crippen LogP) is 3.98. The second-order valence-corrected chi connectivity index (χ2v) is 8.36. The van der Waals surface area contributed by atoms with Gasteiger partial charge in [0.05, 0.1) is 0 Å². The zero-order chi connectivity index (χ0) is 12.3. The van der Waals surface area contributed by atoms with E-state index in [0.29, 0.717) is 5.41 Å². The van der Waals surface area contributed by atoms with Crippen LogP contribution in [0.15, 0.2) is 0 Å². The third-order valence-corrected chi connectivity index (χ3v) is 7.10. The highest BCUT2D eigenvalue weighted by Gasteiger charge is 2.54. The molecule has 0 aromatic carbocycles. The Morgan fingerprint density at radius 1 is 0.889 bits per heavy atom. The van der Waals surface area contributed by atoms with Crippen molar-refractivity contribution >= 4 is 0 Å². The first-order chi connectivity index (χ1) is 8.65. The second-order valence-electron chi connectivity index (χ2n) is 8.36. The van der Waals surface area contributed by atoms with Gasteiger partial charge in [-0.05, 0) is 67.6 Å². The summed E-state index contributed by atoms with van der Waals surface area (Å²) in [6.07, 6.45) is 12.0. The van der Waals surface area contributed by atoms with Crippen LogP contribution in [0.4, 0.5) is 0 Å². The van der Waals surface area contributed by atoms with Gasteiger partial charge in [0.25, 0.3) is 0 Å². The molecule has 4 aliphatic carbocycles. The molecule has 18 heavy (non-hydrogen) atoms. The summed E-state index contributed by atoms with van der Waals surface area (Å²) in [7, 11) is 0. The summed E-state index contributed by atoms with van der Waals surface area (Å²) in [4.78, 5) is 0. The summed E-state index contributed by atoms with van der Waals surface area (Å²) in [5.74, 6) is 4.42. The topological polar surface area (TPSA) is 12.0 Å². The summed E-state index contributed by atoms with van der Waals surface area (Å²) in [6.45, 7) is 4.95. The molecule has 0 heterocycles. The Hall–Kier alpha value is -0.0400. The highest BCUT2D eigenvalue weighted by Crippen LogP contribution is 2.59. The number of nitrogens with one attached hydrogen (secondary N) is 1. The molecule has 6 unspecified atom stereocenters. The van der Waals surface area contributed by atoms with Gasteiger partial charge >= 0.3 is 0 Å². The fourth-order valence-electron chi connectivity index (χ4n) is 6.15. The lowest BCUT2D eigenvalue weighted by Crippen LogP contribution is -2.48. The lowest BCUT2D eigenvalue weighted by molar-refractivity contribution is 0.171. The minimum atomic E-state index is 0.552. The molecule has 0 aromatic rings. The molecule has 0 aliphatic heterocycles. The van der Waals surface area contributed by atoms with Gasteiger partial charge in [-0.3, -0.25) is 0 Å². The van der Waals surface area contributed by atoms with Crippen LogP contribution in [0, 0.1) is 29.1 Å². The maximum atomic E-state index is 4.11. The van der Waals surface area contributed by atoms with Crippen LogP contribution >= 0.6 is 0 Å². The van der Waals surface area contributed by atoms with Gasteiger partial charge in [-0.1, -0.05) is 26.7 Å². The predicted molar refractivity (Wildman–Crippen MR) is 75.4 cm³/mol. The van der Waals surface area contributed by atoms with E-state index in [1.165, 1.54) is 32.1 Å². The standard InChI is InChI=1S/C17H29N/c1-17(2)8-4-7-16(17)18-15-10-11-9-14(15)13-6-3-5-12(11)13/h11-16,18H,3-10H2,1-2H3. The van der Waals surface area contributed by atoms with E-state index < -0.39 is 0 Å². The SMILES string of the molecule is CC1(C)CCCC1NC1CC2CC1C1CCCC21. The summed E-state index contributed by atoms with van der Waals surface area (Å²) >= 11 is 0. The van der Waals surface area contributed by atoms with E-state index >= 15 is 0 Å². The first-order valence-corrected chi connectivity index (χ1v) is 8.41. The Morgan fingerprint density at radius 2 is 1.72 bits per heavy atom. The van der Waals surface area contributed by atoms with Crippen molar-refractivity contribution in [3.63, 3.8) is 0 Å². The Bertz CT molecular complexity index is 335. The Balaban J connectivity index is 1.45. The third-order valence-electron chi connectivity index (χ3n) is 7.10. The van der Waals surface area contributed by atoms with Gasteiger partial charge in [-0.2, -0.15) is 0 Å². The van der Waals surface area contributed by atoms with Crippen LogP contribution < -0.4 is 5.32 Å². The monoisotopic (exact) mass is 247 g/mol. The summed E-state index contributed by atoms with van der Waals surface area (Å²) in [5, 5.41) is 4.11. The van der Waals surface area contributed by atoms with Gasteiger partial charge in [0, 0.05) is 12.1 Å². The molecule has 4 rings (SSSR count). The highest BCUT2D eigenvalue weighted by atomic mass is 15.0. The molecule has 0 amide bonds. The second kappa shape index (κ2) is 3.98. The minimum Gasteiger partial charge on any atom is -0.310 e. The van der Waals surface area contributed by atoms with Crippen LogP contribution in [-0.4, -0.2) is 12.1 Å². The van der Waals surface area contributed by atoms with E-state index in [4.69, 9.17) is 0 Å². The average Bonchev–Trinajstić information content (AvgIpc) is 3.02. The fraction of sp³-hybridized carbons (Fsp3) is 1.00. The largest absolute Gasteiger partial charge is 0.310 e. The molecule has 0 saturated heterocycles. The van der Waals surface area contributed by atoms with Crippen molar-refractivity contribution < 1.29 is 0 Å². The quantitative estimate of drug-likeness (QED) is 0.778. The smallest absolute Gasteiger partial charge is 0.0121 e. The van der Waals surface area contributed by atoms with Crippen LogP contribution in [0.5, 0.6) is 0 Å². The molecule has 4 saturated carbocycles. The van der Waals surface area contributed by atoms with Crippen molar-refractivity contribution in [2.75, 3.05) is 0 Å². The zero-order valence-corrected chi connectivity index (χ0v) is 12.1. The Labute approximate surface area is 112 Å². The Kier molecular flexibility index (Phi) is 2.60. The molecule has 4 aliphatic rings. The van der Waals surface area contributed by atoms with Crippen LogP contribution in [0.3, 0.4) is 0 Å². The normalized spacial score (nSPS) is 53.0. The van der Waals surface area contributed by atoms with E-state index in [1.54, 1.807) is 19.3 Å². The van der Waals surface area contributed by atoms with Gasteiger partial charge in [0.15, 0.2) is 0 Å². The van der Waals surface area contributed by atoms with Gasteiger partial charge < -0.3 is 5.32 Å². The van der Waals surface area contributed by atoms with Crippen molar-refractivity contribution in [3.8, 4) is 0 Å². The minimum absolute atomic E-state index is 0.552. The van der Waals surface area contributed by atoms with Crippen molar-refractivity contribution in [1.82, 2.24) is 5.32 Å². The molecule has 0 aromatic heterocycles. The van der Waals surface area contributed by atoms with E-state index in [-0.39, 0.29) is 0 Å². The first kappa shape index (κ1) is 11.8. The lowest BCUT2D eigenvalue weighted by atomic mass is 9.78. The molecule has 4 fully saturated rings. The number of hydrogen-bond acceptors (Lipinski definition) is 1. The lowest BCUT2D eigenvalue weighted by Gasteiger charge is -2.37. The molecule has 2 bridgehead atoms. The summed E-state index contributed by atoms with van der Waals surface area (Å²) < 4.78 is 0. The van der Waals surface area contributed by atoms with Crippen molar-refractivity contribution in [1.29, 1.82) is 0 Å². The van der Waals surface area contributed by atoms with E-state index in [9.17, 15) is 0 Å². The zero-order valence-electron chi connectivity index (χ0n) is 12.1. The first-order valence-electron chi connectivity index (χ1n) is 8.41. The van der Waals surface area contributed by atoms with Crippen molar-refractivity contribution in [2.45, 2.75) is 77.3 Å². The molecule has 1 nitrogen and oxygen atoms in total. The number of rotatable bonds is 2. The van der Waals surface area contributed by atoms with Crippen LogP contribution in [0.1, 0.15) is 65.2 Å². The summed E-state index contributed by atoms with van der Waals surface area (Å²) in [5.41, 5.74) is 0.552. The van der Waals surface area contributed by atoms with E-state index in [2.05, 4.69) is 19.2 Å². The van der Waals surface area contributed by atoms with Gasteiger partial charge in [0.1, 0.15) is 0 Å². The maximum Gasteiger partial charge on any atom is 0.0121 e. The fourth-order valence-corrected chi connectivity index (χ4v) is 6.15. The van der Waals surface area contributed by atoms with Gasteiger partial charge in [-0.25, -0.2) is 0 Å². The van der Waals surface area contributed by atoms with Crippen LogP contribution in [0.25, 0.3) is 0 Å². The molecular formula is C17H29N. The van der Waals surface area contributed by atoms with Crippen molar-refractivity contribution in [2.24, 2.45) is 29.1 Å². The molecule has 1 heteroatoms. The highest BCUT2D eigenvalue weighted by molar-refractivity contribution is 5.07. The van der Waals surface area contributed by atoms with Crippen LogP contribution in [0.2, 0.25) is 0 Å². The number of hydrogen-bond donors (Lipinski definition) is 1. The van der Waals surface area contributed by atoms with Crippen molar-refractivity contribution in [3.05, 3.63) is 0 Å². The molecule has 0 radical (unpaired) electrons. The summed E-state index contributed by atoms with van der Waals surface area (Å²) in [6, 6.07) is 1.69. The van der Waals surface area contributed by atoms with Gasteiger partial charge in [0.2, 0.25) is 0 Å². The molecule has 6 atom stereocenters. The average molecular weight is 247 g/mol. The third kappa shape index (κ3) is 1.62. The Morgan fingerprint density at radius 3 is 2.50 bits per heavy atom. The molecule has 102 valence electrons. The van der Waals surface area contributed by atoms with E-state index in [0.717, 1.165) is 35.8 Å². The van der Waals surface area contributed by atoms with E-state index in [1.807, 2.05) is 0 Å².